The summed E-state index contributed by atoms with van der Waals surface area (Å²) in [6, 6.07) is 5.95. The number of nitrogens with two attached hydrogens (primary N) is 1. The molecule has 0 aliphatic heterocycles. The van der Waals surface area contributed by atoms with Gasteiger partial charge in [-0.2, -0.15) is 0 Å². The Balaban J connectivity index is 2.28. The number of halogens is 3. The van der Waals surface area contributed by atoms with Gasteiger partial charge in [-0.15, -0.1) is 0 Å². The van der Waals surface area contributed by atoms with E-state index in [0.29, 0.717) is 10.7 Å². The molecule has 2 aromatic rings. The lowest BCUT2D eigenvalue weighted by molar-refractivity contribution is 0.102. The van der Waals surface area contributed by atoms with Gasteiger partial charge in [0.1, 0.15) is 11.0 Å². The lowest BCUT2D eigenvalue weighted by Gasteiger charge is -2.07. The van der Waals surface area contributed by atoms with Crippen molar-refractivity contribution >= 4 is 52.2 Å². The molecule has 0 aliphatic rings. The molecule has 0 fully saturated rings. The molecule has 1 heterocycles. The van der Waals surface area contributed by atoms with E-state index in [0.717, 1.165) is 0 Å². The second-order valence-corrected chi connectivity index (χ2v) is 4.69. The Morgan fingerprint density at radius 3 is 2.58 bits per heavy atom. The van der Waals surface area contributed by atoms with Gasteiger partial charge in [0.2, 0.25) is 5.28 Å². The number of aromatic nitrogens is 2. The third kappa shape index (κ3) is 3.47. The molecule has 1 amide bonds. The zero-order chi connectivity index (χ0) is 14.0. The van der Waals surface area contributed by atoms with Crippen LogP contribution in [0.25, 0.3) is 0 Å². The van der Waals surface area contributed by atoms with E-state index in [2.05, 4.69) is 15.3 Å². The normalized spacial score (nSPS) is 10.3. The zero-order valence-electron chi connectivity index (χ0n) is 9.32. The first kappa shape index (κ1) is 13.9. The average Bonchev–Trinajstić information content (AvgIpc) is 2.30. The standard InChI is InChI=1S/C11H7Cl3N4O/c12-5-1-2-7(15)6(3-5)10(19)17-9-4-8(13)16-11(14)18-9/h1-4H,15H2,(H,16,17,18,19). The van der Waals surface area contributed by atoms with Crippen LogP contribution in [0, 0.1) is 0 Å². The largest absolute Gasteiger partial charge is 0.398 e. The van der Waals surface area contributed by atoms with Gasteiger partial charge in [-0.05, 0) is 29.8 Å². The van der Waals surface area contributed by atoms with Crippen molar-refractivity contribution in [2.45, 2.75) is 0 Å². The van der Waals surface area contributed by atoms with Gasteiger partial charge in [-0.1, -0.05) is 23.2 Å². The number of nitrogens with zero attached hydrogens (tertiary/aromatic N) is 2. The van der Waals surface area contributed by atoms with E-state index in [-0.39, 0.29) is 21.8 Å². The van der Waals surface area contributed by atoms with E-state index in [1.165, 1.54) is 18.2 Å². The molecule has 5 nitrogen and oxygen atoms in total. The summed E-state index contributed by atoms with van der Waals surface area (Å²) in [6.07, 6.45) is 0. The van der Waals surface area contributed by atoms with Crippen molar-refractivity contribution in [1.29, 1.82) is 0 Å². The number of amides is 1. The highest BCUT2D eigenvalue weighted by Gasteiger charge is 2.12. The van der Waals surface area contributed by atoms with Crippen LogP contribution in [-0.2, 0) is 0 Å². The second-order valence-electron chi connectivity index (χ2n) is 3.53. The topological polar surface area (TPSA) is 80.9 Å². The van der Waals surface area contributed by atoms with Crippen molar-refractivity contribution in [3.05, 3.63) is 45.3 Å². The summed E-state index contributed by atoms with van der Waals surface area (Å²) in [5.41, 5.74) is 6.23. The molecule has 0 saturated heterocycles. The van der Waals surface area contributed by atoms with Crippen molar-refractivity contribution in [3.8, 4) is 0 Å². The Morgan fingerprint density at radius 1 is 1.16 bits per heavy atom. The van der Waals surface area contributed by atoms with E-state index in [4.69, 9.17) is 40.5 Å². The number of nitrogen functional groups attached to an aromatic ring is 1. The van der Waals surface area contributed by atoms with Crippen molar-refractivity contribution in [2.24, 2.45) is 0 Å². The highest BCUT2D eigenvalue weighted by Crippen LogP contribution is 2.20. The van der Waals surface area contributed by atoms with E-state index in [1.54, 1.807) is 6.07 Å². The predicted molar refractivity (Wildman–Crippen MR) is 75.9 cm³/mol. The van der Waals surface area contributed by atoms with Gasteiger partial charge < -0.3 is 11.1 Å². The molecule has 98 valence electrons. The first-order chi connectivity index (χ1) is 8.95. The molecule has 0 unspecified atom stereocenters. The van der Waals surface area contributed by atoms with E-state index in [9.17, 15) is 4.79 Å². The van der Waals surface area contributed by atoms with Gasteiger partial charge in [0.25, 0.3) is 5.91 Å². The molecule has 0 radical (unpaired) electrons. The number of hydrogen-bond acceptors (Lipinski definition) is 4. The molecule has 19 heavy (non-hydrogen) atoms. The summed E-state index contributed by atoms with van der Waals surface area (Å²) >= 11 is 17.1. The summed E-state index contributed by atoms with van der Waals surface area (Å²) in [4.78, 5) is 19.5. The third-order valence-electron chi connectivity index (χ3n) is 2.17. The van der Waals surface area contributed by atoms with Crippen LogP contribution in [-0.4, -0.2) is 15.9 Å². The van der Waals surface area contributed by atoms with Crippen molar-refractivity contribution in [2.75, 3.05) is 11.1 Å². The van der Waals surface area contributed by atoms with Crippen LogP contribution >= 0.6 is 34.8 Å². The summed E-state index contributed by atoms with van der Waals surface area (Å²) in [5, 5.41) is 2.96. The molecule has 0 aliphatic carbocycles. The predicted octanol–water partition coefficient (Wildman–Crippen LogP) is 3.27. The molecule has 2 rings (SSSR count). The minimum atomic E-state index is -0.467. The number of hydrogen-bond donors (Lipinski definition) is 2. The fraction of sp³-hybridized carbons (Fsp3) is 0. The second kappa shape index (κ2) is 5.61. The Bertz CT molecular complexity index is 628. The van der Waals surface area contributed by atoms with Gasteiger partial charge in [0.15, 0.2) is 0 Å². The van der Waals surface area contributed by atoms with E-state index < -0.39 is 5.91 Å². The van der Waals surface area contributed by atoms with Crippen LogP contribution in [0.5, 0.6) is 0 Å². The van der Waals surface area contributed by atoms with Gasteiger partial charge in [0, 0.05) is 16.8 Å². The molecule has 0 spiro atoms. The van der Waals surface area contributed by atoms with Crippen LogP contribution in [0.15, 0.2) is 24.3 Å². The Labute approximate surface area is 123 Å². The van der Waals surface area contributed by atoms with Gasteiger partial charge >= 0.3 is 0 Å². The Hall–Kier alpha value is -1.56. The lowest BCUT2D eigenvalue weighted by Crippen LogP contribution is -2.15. The molecule has 0 saturated carbocycles. The molecule has 3 N–H and O–H groups in total. The van der Waals surface area contributed by atoms with Gasteiger partial charge in [-0.25, -0.2) is 9.97 Å². The van der Waals surface area contributed by atoms with Crippen molar-refractivity contribution in [1.82, 2.24) is 9.97 Å². The number of rotatable bonds is 2. The summed E-state index contributed by atoms with van der Waals surface area (Å²) in [6.45, 7) is 0. The smallest absolute Gasteiger partial charge is 0.258 e. The maximum atomic E-state index is 12.0. The number of nitrogens with one attached hydrogen (secondary N) is 1. The number of anilines is 2. The maximum absolute atomic E-state index is 12.0. The molecule has 1 aromatic heterocycles. The fourth-order valence-electron chi connectivity index (χ4n) is 1.36. The van der Waals surface area contributed by atoms with Crippen LogP contribution in [0.4, 0.5) is 11.5 Å². The minimum Gasteiger partial charge on any atom is -0.398 e. The SMILES string of the molecule is Nc1ccc(Cl)cc1C(=O)Nc1cc(Cl)nc(Cl)n1. The average molecular weight is 318 g/mol. The number of carbonyl (C=O) groups is 1. The van der Waals surface area contributed by atoms with Crippen molar-refractivity contribution in [3.63, 3.8) is 0 Å². The highest BCUT2D eigenvalue weighted by molar-refractivity contribution is 6.32. The molecule has 8 heteroatoms. The summed E-state index contributed by atoms with van der Waals surface area (Å²) < 4.78 is 0. The third-order valence-corrected chi connectivity index (χ3v) is 2.77. The van der Waals surface area contributed by atoms with Crippen LogP contribution < -0.4 is 11.1 Å². The summed E-state index contributed by atoms with van der Waals surface area (Å²) in [5.74, 6) is -0.291. The van der Waals surface area contributed by atoms with Crippen LogP contribution in [0.2, 0.25) is 15.5 Å². The number of benzene rings is 1. The quantitative estimate of drug-likeness (QED) is 0.506. The first-order valence-corrected chi connectivity index (χ1v) is 6.15. The monoisotopic (exact) mass is 316 g/mol. The molecule has 1 aromatic carbocycles. The summed E-state index contributed by atoms with van der Waals surface area (Å²) in [7, 11) is 0. The minimum absolute atomic E-state index is 0.0677. The van der Waals surface area contributed by atoms with E-state index in [1.807, 2.05) is 0 Å². The fourth-order valence-corrected chi connectivity index (χ4v) is 1.94. The first-order valence-electron chi connectivity index (χ1n) is 5.02. The van der Waals surface area contributed by atoms with Crippen LogP contribution in [0.3, 0.4) is 0 Å². The van der Waals surface area contributed by atoms with Gasteiger partial charge in [-0.3, -0.25) is 4.79 Å². The van der Waals surface area contributed by atoms with E-state index >= 15 is 0 Å². The molecular formula is C11H7Cl3N4O. The molecule has 0 atom stereocenters. The number of carbonyl (C=O) groups excluding carboxylic acids is 1. The van der Waals surface area contributed by atoms with Crippen LogP contribution in [0.1, 0.15) is 10.4 Å². The highest BCUT2D eigenvalue weighted by atomic mass is 35.5. The van der Waals surface area contributed by atoms with Gasteiger partial charge in [0.05, 0.1) is 5.56 Å². The molecular weight excluding hydrogens is 311 g/mol. The molecule has 0 bridgehead atoms. The maximum Gasteiger partial charge on any atom is 0.258 e. The zero-order valence-corrected chi connectivity index (χ0v) is 11.6. The van der Waals surface area contributed by atoms with Crippen molar-refractivity contribution < 1.29 is 4.79 Å². The Morgan fingerprint density at radius 2 is 1.89 bits per heavy atom. The Kier molecular flexibility index (Phi) is 4.09. The lowest BCUT2D eigenvalue weighted by atomic mass is 10.1.